The van der Waals surface area contributed by atoms with Crippen molar-refractivity contribution in [2.75, 3.05) is 5.43 Å². The first kappa shape index (κ1) is 18.4. The van der Waals surface area contributed by atoms with Crippen molar-refractivity contribution in [1.82, 2.24) is 4.68 Å². The predicted molar refractivity (Wildman–Crippen MR) is 87.8 cm³/mol. The summed E-state index contributed by atoms with van der Waals surface area (Å²) in [5.41, 5.74) is 3.17. The molecule has 2 aromatic carbocycles. The van der Waals surface area contributed by atoms with Crippen molar-refractivity contribution < 1.29 is 31.7 Å². The Balaban J connectivity index is 1.77. The third kappa shape index (κ3) is 4.63. The van der Waals surface area contributed by atoms with Gasteiger partial charge in [0, 0.05) is 11.1 Å². The first-order valence-corrected chi connectivity index (χ1v) is 7.71. The highest BCUT2D eigenvalue weighted by Crippen LogP contribution is 2.28. The largest absolute Gasteiger partial charge is 0.573 e. The third-order valence-corrected chi connectivity index (χ3v) is 3.63. The molecule has 3 aromatic rings. The van der Waals surface area contributed by atoms with Gasteiger partial charge in [0.25, 0.3) is 12.2 Å². The lowest BCUT2D eigenvalue weighted by atomic mass is 10.0. The quantitative estimate of drug-likeness (QED) is 0.557. The summed E-state index contributed by atoms with van der Waals surface area (Å²) < 4.78 is 57.9. The van der Waals surface area contributed by atoms with E-state index in [-0.39, 0.29) is 11.1 Å². The lowest BCUT2D eigenvalue weighted by molar-refractivity contribution is -0.670. The normalized spacial score (nSPS) is 11.3. The van der Waals surface area contributed by atoms with Crippen LogP contribution in [0.3, 0.4) is 0 Å². The minimum Gasteiger partial charge on any atom is -0.406 e. The van der Waals surface area contributed by atoms with Crippen LogP contribution < -0.4 is 14.7 Å². The number of halogens is 4. The molecule has 1 aromatic heterocycles. The molecule has 1 N–H and O–H groups in total. The molecule has 0 spiro atoms. The molecule has 0 bridgehead atoms. The fourth-order valence-electron chi connectivity index (χ4n) is 2.42. The Labute approximate surface area is 151 Å². The van der Waals surface area contributed by atoms with Gasteiger partial charge in [-0.2, -0.15) is 5.43 Å². The van der Waals surface area contributed by atoms with Crippen LogP contribution in [0.1, 0.15) is 10.4 Å². The van der Waals surface area contributed by atoms with E-state index in [1.807, 2.05) is 0 Å². The topological polar surface area (TPSA) is 47.1 Å². The van der Waals surface area contributed by atoms with Gasteiger partial charge in [-0.05, 0) is 29.8 Å². The number of hydrogen-bond acceptors (Lipinski definition) is 2. The molecule has 0 aliphatic heterocycles. The number of carbonyl (C=O) groups is 1. The van der Waals surface area contributed by atoms with Gasteiger partial charge in [-0.3, -0.25) is 4.79 Å². The Bertz CT molecular complexity index is 965. The number of amides is 1. The van der Waals surface area contributed by atoms with Crippen molar-refractivity contribution in [1.29, 1.82) is 0 Å². The molecular weight excluding hydrogens is 366 g/mol. The summed E-state index contributed by atoms with van der Waals surface area (Å²) in [5.74, 6) is -1.58. The van der Waals surface area contributed by atoms with E-state index in [1.165, 1.54) is 28.9 Å². The molecule has 5 nitrogen and oxygen atoms in total. The fraction of sp³-hybridized carbons (Fsp3) is 0.111. The van der Waals surface area contributed by atoms with Crippen molar-refractivity contribution >= 4 is 5.91 Å². The second kappa shape index (κ2) is 7.10. The lowest BCUT2D eigenvalue weighted by Crippen LogP contribution is -2.27. The van der Waals surface area contributed by atoms with E-state index < -0.39 is 23.8 Å². The Hall–Kier alpha value is -3.36. The van der Waals surface area contributed by atoms with Crippen LogP contribution in [0.2, 0.25) is 0 Å². The number of imidazole rings is 1. The van der Waals surface area contributed by atoms with Gasteiger partial charge < -0.3 is 4.74 Å². The highest BCUT2D eigenvalue weighted by atomic mass is 19.4. The average molecular weight is 380 g/mol. The fourth-order valence-corrected chi connectivity index (χ4v) is 2.42. The maximum atomic E-state index is 14.4. The van der Waals surface area contributed by atoms with E-state index in [2.05, 4.69) is 10.2 Å². The lowest BCUT2D eigenvalue weighted by Gasteiger charge is -2.10. The Morgan fingerprint density at radius 1 is 1.15 bits per heavy atom. The van der Waals surface area contributed by atoms with E-state index in [0.29, 0.717) is 5.56 Å². The Morgan fingerprint density at radius 2 is 1.85 bits per heavy atom. The molecule has 0 aliphatic rings. The molecule has 0 aliphatic carbocycles. The number of aromatic nitrogens is 2. The minimum absolute atomic E-state index is 0.102. The number of hydrogen-bond donors (Lipinski definition) is 1. The smallest absolute Gasteiger partial charge is 0.406 e. The zero-order chi connectivity index (χ0) is 19.6. The predicted octanol–water partition coefficient (Wildman–Crippen LogP) is 3.40. The number of aryl methyl sites for hydroxylation is 1. The molecule has 0 unspecified atom stereocenters. The number of nitrogens with zero attached hydrogens (tertiary/aromatic N) is 2. The van der Waals surface area contributed by atoms with Crippen molar-refractivity contribution in [3.63, 3.8) is 0 Å². The van der Waals surface area contributed by atoms with Crippen LogP contribution in [-0.2, 0) is 7.05 Å². The van der Waals surface area contributed by atoms with E-state index in [9.17, 15) is 22.4 Å². The maximum Gasteiger partial charge on any atom is 0.573 e. The monoisotopic (exact) mass is 380 g/mol. The van der Waals surface area contributed by atoms with Crippen LogP contribution in [-0.4, -0.2) is 16.9 Å². The molecule has 27 heavy (non-hydrogen) atoms. The molecule has 3 rings (SSSR count). The third-order valence-electron chi connectivity index (χ3n) is 3.63. The summed E-state index contributed by atoms with van der Waals surface area (Å²) in [6.45, 7) is 0. The van der Waals surface area contributed by atoms with Crippen LogP contribution >= 0.6 is 0 Å². The van der Waals surface area contributed by atoms with Crippen LogP contribution in [0.4, 0.5) is 17.6 Å². The number of benzene rings is 2. The SMILES string of the molecule is C[n+]1ccn(NC(=O)c2ccc(-c3ccc(OC(F)(F)F)cc3)c(F)c2)c1. The molecule has 9 heteroatoms. The van der Waals surface area contributed by atoms with Crippen LogP contribution in [0, 0.1) is 5.82 Å². The van der Waals surface area contributed by atoms with Gasteiger partial charge in [-0.25, -0.2) is 8.96 Å². The molecule has 0 saturated carbocycles. The molecule has 0 fully saturated rings. The summed E-state index contributed by atoms with van der Waals surface area (Å²) >= 11 is 0. The number of carbonyl (C=O) groups excluding carboxylic acids is 1. The van der Waals surface area contributed by atoms with E-state index >= 15 is 0 Å². The van der Waals surface area contributed by atoms with Crippen molar-refractivity contribution in [2.45, 2.75) is 6.36 Å². The van der Waals surface area contributed by atoms with E-state index in [0.717, 1.165) is 18.2 Å². The van der Waals surface area contributed by atoms with Crippen molar-refractivity contribution in [3.8, 4) is 16.9 Å². The summed E-state index contributed by atoms with van der Waals surface area (Å²) in [6.07, 6.45) is 0.162. The first-order chi connectivity index (χ1) is 12.7. The number of alkyl halides is 3. The molecule has 0 saturated heterocycles. The highest BCUT2D eigenvalue weighted by Gasteiger charge is 2.31. The van der Waals surface area contributed by atoms with Crippen LogP contribution in [0.15, 0.2) is 61.2 Å². The zero-order valence-corrected chi connectivity index (χ0v) is 14.0. The zero-order valence-electron chi connectivity index (χ0n) is 14.0. The average Bonchev–Trinajstić information content (AvgIpc) is 2.99. The second-order valence-corrected chi connectivity index (χ2v) is 5.69. The van der Waals surface area contributed by atoms with E-state index in [4.69, 9.17) is 0 Å². The van der Waals surface area contributed by atoms with Gasteiger partial charge in [-0.1, -0.05) is 18.2 Å². The Kier molecular flexibility index (Phi) is 4.85. The van der Waals surface area contributed by atoms with Gasteiger partial charge in [-0.15, -0.1) is 17.8 Å². The summed E-state index contributed by atoms with van der Waals surface area (Å²) in [6, 6.07) is 8.67. The summed E-state index contributed by atoms with van der Waals surface area (Å²) in [7, 11) is 1.78. The van der Waals surface area contributed by atoms with Crippen molar-refractivity contribution in [3.05, 3.63) is 72.6 Å². The van der Waals surface area contributed by atoms with Crippen LogP contribution in [0.25, 0.3) is 11.1 Å². The number of nitrogens with one attached hydrogen (secondary N) is 1. The standard InChI is InChI=1S/C18H13F4N3O2/c1-24-8-9-25(11-24)23-17(26)13-4-7-15(16(19)10-13)12-2-5-14(6-3-12)27-18(20,21)22/h2-11H,1H3/p+1. The molecule has 140 valence electrons. The van der Waals surface area contributed by atoms with Crippen molar-refractivity contribution in [2.24, 2.45) is 7.05 Å². The van der Waals surface area contributed by atoms with Crippen LogP contribution in [0.5, 0.6) is 5.75 Å². The van der Waals surface area contributed by atoms with E-state index in [1.54, 1.807) is 30.3 Å². The summed E-state index contributed by atoms with van der Waals surface area (Å²) in [5, 5.41) is 0. The molecule has 1 heterocycles. The van der Waals surface area contributed by atoms with Gasteiger partial charge >= 0.3 is 6.36 Å². The maximum absolute atomic E-state index is 14.4. The second-order valence-electron chi connectivity index (χ2n) is 5.69. The molecular formula is C18H14F4N3O2+. The van der Waals surface area contributed by atoms with Gasteiger partial charge in [0.2, 0.25) is 0 Å². The summed E-state index contributed by atoms with van der Waals surface area (Å²) in [4.78, 5) is 12.2. The number of rotatable bonds is 4. The van der Waals surface area contributed by atoms with Gasteiger partial charge in [0.05, 0.1) is 7.05 Å². The number of ether oxygens (including phenoxy) is 1. The highest BCUT2D eigenvalue weighted by molar-refractivity contribution is 6.00. The minimum atomic E-state index is -4.79. The Morgan fingerprint density at radius 3 is 2.41 bits per heavy atom. The van der Waals surface area contributed by atoms with Gasteiger partial charge in [0.15, 0.2) is 6.20 Å². The van der Waals surface area contributed by atoms with Gasteiger partial charge in [0.1, 0.15) is 17.8 Å². The molecule has 0 atom stereocenters. The first-order valence-electron chi connectivity index (χ1n) is 7.71. The molecule has 1 amide bonds. The molecule has 0 radical (unpaired) electrons.